The van der Waals surface area contributed by atoms with Crippen LogP contribution in [0, 0.1) is 0 Å². The molecule has 0 fully saturated rings. The summed E-state index contributed by atoms with van der Waals surface area (Å²) in [5, 5.41) is 4.29. The number of pyridine rings is 1. The van der Waals surface area contributed by atoms with Gasteiger partial charge in [-0.15, -0.1) is 5.10 Å². The van der Waals surface area contributed by atoms with Gasteiger partial charge >= 0.3 is 0 Å². The number of nitrogens with zero attached hydrogens (tertiary/aromatic N) is 3. The molecule has 0 atom stereocenters. The van der Waals surface area contributed by atoms with Gasteiger partial charge in [-0.2, -0.15) is 0 Å². The van der Waals surface area contributed by atoms with E-state index in [9.17, 15) is 0 Å². The number of hydrogen-bond acceptors (Lipinski definition) is 4. The van der Waals surface area contributed by atoms with Gasteiger partial charge in [0.05, 0.1) is 0 Å². The highest BCUT2D eigenvalue weighted by molar-refractivity contribution is 7.12. The van der Waals surface area contributed by atoms with E-state index in [4.69, 9.17) is 11.6 Å². The summed E-state index contributed by atoms with van der Waals surface area (Å²) >= 11 is 6.86. The van der Waals surface area contributed by atoms with Crippen molar-refractivity contribution in [2.45, 2.75) is 0 Å². The van der Waals surface area contributed by atoms with Gasteiger partial charge in [0.2, 0.25) is 0 Å². The quantitative estimate of drug-likeness (QED) is 0.567. The average molecular weight is 172 g/mol. The minimum Gasteiger partial charge on any atom is -0.222 e. The van der Waals surface area contributed by atoms with Crippen molar-refractivity contribution >= 4 is 33.5 Å². The lowest BCUT2D eigenvalue weighted by Crippen LogP contribution is -1.73. The van der Waals surface area contributed by atoms with Crippen LogP contribution in [0.1, 0.15) is 0 Å². The third-order valence-electron chi connectivity index (χ3n) is 1.08. The van der Waals surface area contributed by atoms with E-state index >= 15 is 0 Å². The van der Waals surface area contributed by atoms with Gasteiger partial charge in [0.25, 0.3) is 0 Å². The van der Waals surface area contributed by atoms with E-state index in [2.05, 4.69) is 14.6 Å². The van der Waals surface area contributed by atoms with E-state index < -0.39 is 0 Å². The summed E-state index contributed by atoms with van der Waals surface area (Å²) in [4.78, 5) is 4.78. The second-order valence-electron chi connectivity index (χ2n) is 1.73. The third kappa shape index (κ3) is 0.853. The molecule has 0 N–H and O–H groups in total. The molecule has 2 rings (SSSR count). The molecular weight excluding hydrogens is 170 g/mol. The molecule has 0 aliphatic rings. The number of hydrogen-bond donors (Lipinski definition) is 0. The zero-order valence-corrected chi connectivity index (χ0v) is 6.35. The van der Waals surface area contributed by atoms with E-state index in [1.165, 1.54) is 11.5 Å². The standard InChI is InChI=1S/C5H2ClN3S/c6-4-2-1-3-5(7-4)10-9-8-3/h1-2H. The van der Waals surface area contributed by atoms with Crippen LogP contribution in [0.25, 0.3) is 10.3 Å². The maximum absolute atomic E-state index is 5.62. The maximum Gasteiger partial charge on any atom is 0.165 e. The zero-order valence-electron chi connectivity index (χ0n) is 4.78. The molecule has 0 amide bonds. The normalized spacial score (nSPS) is 10.5. The van der Waals surface area contributed by atoms with Crippen molar-refractivity contribution in [1.29, 1.82) is 0 Å². The smallest absolute Gasteiger partial charge is 0.165 e. The fourth-order valence-electron chi connectivity index (χ4n) is 0.657. The highest BCUT2D eigenvalue weighted by Crippen LogP contribution is 2.14. The van der Waals surface area contributed by atoms with Crippen LogP contribution in [0.5, 0.6) is 0 Å². The van der Waals surface area contributed by atoms with Crippen LogP contribution in [0.15, 0.2) is 12.1 Å². The fourth-order valence-corrected chi connectivity index (χ4v) is 1.40. The predicted molar refractivity (Wildman–Crippen MR) is 40.2 cm³/mol. The maximum atomic E-state index is 5.62. The molecule has 0 bridgehead atoms. The summed E-state index contributed by atoms with van der Waals surface area (Å²) in [6.45, 7) is 0. The number of halogens is 1. The van der Waals surface area contributed by atoms with Gasteiger partial charge in [-0.1, -0.05) is 16.1 Å². The highest BCUT2D eigenvalue weighted by Gasteiger charge is 1.97. The number of fused-ring (bicyclic) bond motifs is 1. The number of aromatic nitrogens is 3. The Bertz CT molecular complexity index is 358. The Morgan fingerprint density at radius 3 is 3.20 bits per heavy atom. The van der Waals surface area contributed by atoms with Gasteiger partial charge in [0, 0.05) is 11.5 Å². The van der Waals surface area contributed by atoms with E-state index in [1.54, 1.807) is 12.1 Å². The lowest BCUT2D eigenvalue weighted by Gasteiger charge is -1.84. The summed E-state index contributed by atoms with van der Waals surface area (Å²) in [6, 6.07) is 3.50. The van der Waals surface area contributed by atoms with E-state index in [1.807, 2.05) is 0 Å². The molecule has 0 aliphatic carbocycles. The average Bonchev–Trinajstić information content (AvgIpc) is 2.33. The van der Waals surface area contributed by atoms with E-state index in [0.717, 1.165) is 10.3 Å². The largest absolute Gasteiger partial charge is 0.222 e. The third-order valence-corrected chi connectivity index (χ3v) is 1.93. The van der Waals surface area contributed by atoms with Crippen molar-refractivity contribution in [2.24, 2.45) is 0 Å². The molecule has 50 valence electrons. The topological polar surface area (TPSA) is 38.7 Å². The first-order valence-corrected chi connectivity index (χ1v) is 3.76. The van der Waals surface area contributed by atoms with Crippen LogP contribution in [0.2, 0.25) is 5.15 Å². The second-order valence-corrected chi connectivity index (χ2v) is 2.85. The van der Waals surface area contributed by atoms with Gasteiger partial charge in [0.15, 0.2) is 4.83 Å². The fraction of sp³-hybridized carbons (Fsp3) is 0. The Labute approximate surface area is 65.8 Å². The SMILES string of the molecule is Clc1ccc2nnsc2n1. The Balaban J connectivity index is 2.86. The molecule has 5 heteroatoms. The lowest BCUT2D eigenvalue weighted by atomic mass is 10.5. The van der Waals surface area contributed by atoms with Crippen LogP contribution in [0.3, 0.4) is 0 Å². The van der Waals surface area contributed by atoms with Crippen molar-refractivity contribution in [2.75, 3.05) is 0 Å². The van der Waals surface area contributed by atoms with Crippen LogP contribution < -0.4 is 0 Å². The Kier molecular flexibility index (Phi) is 1.28. The molecule has 3 nitrogen and oxygen atoms in total. The molecular formula is C5H2ClN3S. The molecule has 0 aromatic carbocycles. The predicted octanol–water partition coefficient (Wildman–Crippen LogP) is 1.74. The van der Waals surface area contributed by atoms with E-state index in [0.29, 0.717) is 5.15 Å². The minimum atomic E-state index is 0.485. The van der Waals surface area contributed by atoms with Crippen LogP contribution in [0.4, 0.5) is 0 Å². The van der Waals surface area contributed by atoms with Crippen molar-refractivity contribution in [3.63, 3.8) is 0 Å². The number of rotatable bonds is 0. The summed E-state index contributed by atoms with van der Waals surface area (Å²) < 4.78 is 3.71. The minimum absolute atomic E-state index is 0.485. The van der Waals surface area contributed by atoms with Gasteiger partial charge in [-0.3, -0.25) is 0 Å². The first-order chi connectivity index (χ1) is 4.86. The van der Waals surface area contributed by atoms with Gasteiger partial charge in [0.1, 0.15) is 10.7 Å². The van der Waals surface area contributed by atoms with Crippen LogP contribution in [-0.4, -0.2) is 14.6 Å². The van der Waals surface area contributed by atoms with Crippen molar-refractivity contribution < 1.29 is 0 Å². The molecule has 0 spiro atoms. The molecule has 2 heterocycles. The highest BCUT2D eigenvalue weighted by atomic mass is 35.5. The summed E-state index contributed by atoms with van der Waals surface area (Å²) in [6.07, 6.45) is 0. The summed E-state index contributed by atoms with van der Waals surface area (Å²) in [7, 11) is 0. The molecule has 0 saturated heterocycles. The Morgan fingerprint density at radius 2 is 2.30 bits per heavy atom. The first kappa shape index (κ1) is 6.00. The zero-order chi connectivity index (χ0) is 6.97. The lowest BCUT2D eigenvalue weighted by molar-refractivity contribution is 1.20. The Hall–Kier alpha value is -0.740. The Morgan fingerprint density at radius 1 is 1.40 bits per heavy atom. The second kappa shape index (κ2) is 2.14. The van der Waals surface area contributed by atoms with Crippen LogP contribution >= 0.6 is 23.1 Å². The van der Waals surface area contributed by atoms with Gasteiger partial charge < -0.3 is 0 Å². The summed E-state index contributed by atoms with van der Waals surface area (Å²) in [5.74, 6) is 0. The van der Waals surface area contributed by atoms with E-state index in [-0.39, 0.29) is 0 Å². The molecule has 2 aromatic rings. The van der Waals surface area contributed by atoms with Gasteiger partial charge in [-0.25, -0.2) is 4.98 Å². The first-order valence-electron chi connectivity index (χ1n) is 2.61. The molecule has 0 aliphatic heterocycles. The van der Waals surface area contributed by atoms with Gasteiger partial charge in [-0.05, 0) is 12.1 Å². The van der Waals surface area contributed by atoms with Crippen molar-refractivity contribution in [3.8, 4) is 0 Å². The molecule has 0 saturated carbocycles. The molecule has 2 aromatic heterocycles. The van der Waals surface area contributed by atoms with Crippen molar-refractivity contribution in [1.82, 2.24) is 14.6 Å². The monoisotopic (exact) mass is 171 g/mol. The molecule has 0 radical (unpaired) electrons. The summed E-state index contributed by atoms with van der Waals surface area (Å²) in [5.41, 5.74) is 0.800. The molecule has 10 heavy (non-hydrogen) atoms. The molecule has 0 unspecified atom stereocenters. The van der Waals surface area contributed by atoms with Crippen molar-refractivity contribution in [3.05, 3.63) is 17.3 Å². The van der Waals surface area contributed by atoms with Crippen LogP contribution in [-0.2, 0) is 0 Å².